The van der Waals surface area contributed by atoms with Gasteiger partial charge in [-0.25, -0.2) is 0 Å². The van der Waals surface area contributed by atoms with E-state index in [0.29, 0.717) is 12.8 Å². The number of nitrogens with zero attached hydrogens (tertiary/aromatic N) is 1. The van der Waals surface area contributed by atoms with E-state index in [4.69, 9.17) is 9.47 Å². The fourth-order valence-corrected chi connectivity index (χ4v) is 5.67. The molecule has 3 aliphatic rings. The monoisotopic (exact) mass is 424 g/mol. The molecule has 2 unspecified atom stereocenters. The Bertz CT molecular complexity index is 732. The van der Waals surface area contributed by atoms with E-state index in [1.807, 2.05) is 41.5 Å². The molecule has 0 aliphatic carbocycles. The average molecular weight is 425 g/mol. The van der Waals surface area contributed by atoms with Crippen molar-refractivity contribution < 1.29 is 29.0 Å². The molecular weight excluding hydrogens is 388 g/mol. The van der Waals surface area contributed by atoms with Gasteiger partial charge in [-0.1, -0.05) is 13.8 Å². The Labute approximate surface area is 178 Å². The standard InChI is InChI=1S/C22H36N2O6/c1-8-29-19(28)15-14-18(27)24(13(11-25)12(2)3)16(17(26)23-20(4,5)6)22(14)10-9-21(15,7)30-22/h12-16,25H,8-11H2,1-7H3,(H,23,26)/t13-,14-,15-,16?,21+,22?/m0/s1. The van der Waals surface area contributed by atoms with Gasteiger partial charge >= 0.3 is 5.97 Å². The number of nitrogens with one attached hydrogen (secondary N) is 1. The normalized spacial score (nSPS) is 36.2. The second-order valence-corrected chi connectivity index (χ2v) is 10.5. The number of aliphatic hydroxyl groups excluding tert-OH is 1. The molecule has 170 valence electrons. The third-order valence-corrected chi connectivity index (χ3v) is 6.82. The SMILES string of the molecule is CCOC(=O)[C@@H]1[C@H]2C(=O)N([C@@H](CO)C(C)C)C(C(=O)NC(C)(C)C)C23CC[C@@]1(C)O3. The summed E-state index contributed by atoms with van der Waals surface area (Å²) in [5, 5.41) is 13.1. The zero-order valence-electron chi connectivity index (χ0n) is 19.2. The average Bonchev–Trinajstić information content (AvgIpc) is 3.16. The smallest absolute Gasteiger partial charge is 0.312 e. The molecule has 3 saturated heterocycles. The largest absolute Gasteiger partial charge is 0.466 e. The summed E-state index contributed by atoms with van der Waals surface area (Å²) in [6.45, 7) is 12.9. The second kappa shape index (κ2) is 7.48. The minimum Gasteiger partial charge on any atom is -0.466 e. The van der Waals surface area contributed by atoms with Gasteiger partial charge in [0.2, 0.25) is 11.8 Å². The summed E-state index contributed by atoms with van der Waals surface area (Å²) in [5.74, 6) is -2.71. The van der Waals surface area contributed by atoms with Crippen LogP contribution in [-0.2, 0) is 23.9 Å². The maximum atomic E-state index is 13.8. The maximum absolute atomic E-state index is 13.8. The van der Waals surface area contributed by atoms with Crippen molar-refractivity contribution in [2.45, 2.75) is 90.1 Å². The molecule has 1 spiro atoms. The van der Waals surface area contributed by atoms with E-state index in [1.54, 1.807) is 6.92 Å². The van der Waals surface area contributed by atoms with E-state index in [-0.39, 0.29) is 30.9 Å². The van der Waals surface area contributed by atoms with Gasteiger partial charge < -0.3 is 24.8 Å². The van der Waals surface area contributed by atoms with E-state index < -0.39 is 46.6 Å². The summed E-state index contributed by atoms with van der Waals surface area (Å²) < 4.78 is 11.8. The van der Waals surface area contributed by atoms with Crippen LogP contribution in [0.2, 0.25) is 0 Å². The topological polar surface area (TPSA) is 105 Å². The number of esters is 1. The number of carbonyl (C=O) groups excluding carboxylic acids is 3. The van der Waals surface area contributed by atoms with Crippen molar-refractivity contribution in [3.63, 3.8) is 0 Å². The summed E-state index contributed by atoms with van der Waals surface area (Å²) in [6.07, 6.45) is 1.07. The van der Waals surface area contributed by atoms with Crippen molar-refractivity contribution in [1.82, 2.24) is 10.2 Å². The Morgan fingerprint density at radius 2 is 1.97 bits per heavy atom. The Morgan fingerprint density at radius 1 is 1.33 bits per heavy atom. The lowest BCUT2D eigenvalue weighted by molar-refractivity contribution is -0.160. The molecule has 0 aromatic carbocycles. The van der Waals surface area contributed by atoms with Crippen LogP contribution in [0, 0.1) is 17.8 Å². The van der Waals surface area contributed by atoms with Crippen LogP contribution in [0.3, 0.4) is 0 Å². The molecule has 2 bridgehead atoms. The highest BCUT2D eigenvalue weighted by molar-refractivity contribution is 5.98. The second-order valence-electron chi connectivity index (χ2n) is 10.5. The molecule has 2 amide bonds. The molecule has 3 heterocycles. The van der Waals surface area contributed by atoms with Crippen LogP contribution >= 0.6 is 0 Å². The Balaban J connectivity index is 2.12. The highest BCUT2D eigenvalue weighted by Crippen LogP contribution is 2.63. The fraction of sp³-hybridized carbons (Fsp3) is 0.864. The van der Waals surface area contributed by atoms with Gasteiger partial charge in [0.25, 0.3) is 0 Å². The van der Waals surface area contributed by atoms with Gasteiger partial charge in [-0.3, -0.25) is 14.4 Å². The first-order chi connectivity index (χ1) is 13.8. The number of amides is 2. The van der Waals surface area contributed by atoms with Gasteiger partial charge in [0.05, 0.1) is 30.8 Å². The quantitative estimate of drug-likeness (QED) is 0.622. The van der Waals surface area contributed by atoms with E-state index in [9.17, 15) is 19.5 Å². The minimum absolute atomic E-state index is 0.0760. The molecule has 3 aliphatic heterocycles. The van der Waals surface area contributed by atoms with E-state index in [2.05, 4.69) is 5.32 Å². The summed E-state index contributed by atoms with van der Waals surface area (Å²) in [6, 6.07) is -1.46. The number of hydrogen-bond donors (Lipinski definition) is 2. The molecule has 8 heteroatoms. The zero-order valence-corrected chi connectivity index (χ0v) is 19.2. The number of rotatable bonds is 6. The maximum Gasteiger partial charge on any atom is 0.312 e. The molecule has 30 heavy (non-hydrogen) atoms. The fourth-order valence-electron chi connectivity index (χ4n) is 5.67. The summed E-state index contributed by atoms with van der Waals surface area (Å²) >= 11 is 0. The predicted molar refractivity (Wildman–Crippen MR) is 109 cm³/mol. The van der Waals surface area contributed by atoms with Gasteiger partial charge in [0.15, 0.2) is 0 Å². The lowest BCUT2D eigenvalue weighted by atomic mass is 9.66. The number of aliphatic hydroxyl groups is 1. The first-order valence-electron chi connectivity index (χ1n) is 10.9. The van der Waals surface area contributed by atoms with Crippen LogP contribution in [0.15, 0.2) is 0 Å². The van der Waals surface area contributed by atoms with Gasteiger partial charge in [-0.15, -0.1) is 0 Å². The third kappa shape index (κ3) is 3.32. The van der Waals surface area contributed by atoms with Gasteiger partial charge in [0, 0.05) is 5.54 Å². The van der Waals surface area contributed by atoms with Crippen LogP contribution in [0.4, 0.5) is 0 Å². The predicted octanol–water partition coefficient (Wildman–Crippen LogP) is 1.25. The van der Waals surface area contributed by atoms with Crippen LogP contribution in [0.1, 0.15) is 61.3 Å². The van der Waals surface area contributed by atoms with Crippen molar-refractivity contribution >= 4 is 17.8 Å². The lowest BCUT2D eigenvalue weighted by Gasteiger charge is -2.39. The summed E-state index contributed by atoms with van der Waals surface area (Å²) in [7, 11) is 0. The summed E-state index contributed by atoms with van der Waals surface area (Å²) in [4.78, 5) is 41.7. The highest BCUT2D eigenvalue weighted by Gasteiger charge is 2.79. The van der Waals surface area contributed by atoms with Gasteiger partial charge in [0.1, 0.15) is 17.6 Å². The molecule has 0 aromatic rings. The molecule has 6 atom stereocenters. The highest BCUT2D eigenvalue weighted by atomic mass is 16.6. The third-order valence-electron chi connectivity index (χ3n) is 6.82. The number of carbonyl (C=O) groups is 3. The van der Waals surface area contributed by atoms with Crippen molar-refractivity contribution in [2.75, 3.05) is 13.2 Å². The van der Waals surface area contributed by atoms with Crippen molar-refractivity contribution in [2.24, 2.45) is 17.8 Å². The van der Waals surface area contributed by atoms with Crippen LogP contribution in [-0.4, -0.2) is 69.8 Å². The Kier molecular flexibility index (Phi) is 5.74. The van der Waals surface area contributed by atoms with Crippen LogP contribution < -0.4 is 5.32 Å². The molecule has 3 rings (SSSR count). The molecule has 0 aromatic heterocycles. The van der Waals surface area contributed by atoms with E-state index in [0.717, 1.165) is 0 Å². The van der Waals surface area contributed by atoms with Crippen molar-refractivity contribution in [3.8, 4) is 0 Å². The minimum atomic E-state index is -1.10. The molecule has 8 nitrogen and oxygen atoms in total. The molecule has 0 saturated carbocycles. The van der Waals surface area contributed by atoms with E-state index >= 15 is 0 Å². The van der Waals surface area contributed by atoms with Gasteiger partial charge in [-0.2, -0.15) is 0 Å². The van der Waals surface area contributed by atoms with Crippen LogP contribution in [0.5, 0.6) is 0 Å². The number of likely N-dealkylation sites (tertiary alicyclic amines) is 1. The number of fused-ring (bicyclic) bond motifs is 1. The number of ether oxygens (including phenoxy) is 2. The van der Waals surface area contributed by atoms with Crippen molar-refractivity contribution in [3.05, 3.63) is 0 Å². The molecular formula is C22H36N2O6. The van der Waals surface area contributed by atoms with E-state index in [1.165, 1.54) is 4.90 Å². The Hall–Kier alpha value is -1.67. The number of hydrogen-bond acceptors (Lipinski definition) is 6. The first-order valence-corrected chi connectivity index (χ1v) is 10.9. The zero-order chi connectivity index (χ0) is 22.6. The van der Waals surface area contributed by atoms with Gasteiger partial charge in [-0.05, 0) is 53.4 Å². The molecule has 2 N–H and O–H groups in total. The molecule has 3 fully saturated rings. The summed E-state index contributed by atoms with van der Waals surface area (Å²) in [5.41, 5.74) is -2.44. The molecule has 0 radical (unpaired) electrons. The first kappa shape index (κ1) is 23.0. The lowest BCUT2D eigenvalue weighted by Crippen LogP contribution is -2.61. The van der Waals surface area contributed by atoms with Crippen LogP contribution in [0.25, 0.3) is 0 Å². The van der Waals surface area contributed by atoms with Crippen molar-refractivity contribution in [1.29, 1.82) is 0 Å². The Morgan fingerprint density at radius 3 is 2.47 bits per heavy atom.